The van der Waals surface area contributed by atoms with Crippen molar-refractivity contribution in [3.05, 3.63) is 0 Å². The standard InChI is InChI=1S/C15H24N2O3/c18-14-7-9-16(10-11-20-12-4-1-2-5-12)15(19)13-6-3-8-17(13)14/h12-13H,1-11H2. The topological polar surface area (TPSA) is 49.9 Å². The molecular weight excluding hydrogens is 256 g/mol. The predicted molar refractivity (Wildman–Crippen MR) is 74.1 cm³/mol. The van der Waals surface area contributed by atoms with Gasteiger partial charge in [-0.3, -0.25) is 9.59 Å². The lowest BCUT2D eigenvalue weighted by Gasteiger charge is -2.25. The highest BCUT2D eigenvalue weighted by Crippen LogP contribution is 2.24. The molecule has 0 radical (unpaired) electrons. The monoisotopic (exact) mass is 280 g/mol. The molecule has 3 fully saturated rings. The molecule has 0 aromatic heterocycles. The first kappa shape index (κ1) is 13.9. The van der Waals surface area contributed by atoms with Crippen LogP contribution in [0.3, 0.4) is 0 Å². The predicted octanol–water partition coefficient (Wildman–Crippen LogP) is 1.17. The van der Waals surface area contributed by atoms with Gasteiger partial charge < -0.3 is 14.5 Å². The molecule has 3 rings (SSSR count). The van der Waals surface area contributed by atoms with Crippen LogP contribution in [0.15, 0.2) is 0 Å². The van der Waals surface area contributed by atoms with Crippen molar-refractivity contribution in [3.63, 3.8) is 0 Å². The second kappa shape index (κ2) is 6.12. The van der Waals surface area contributed by atoms with Gasteiger partial charge >= 0.3 is 0 Å². The number of carbonyl (C=O) groups is 2. The molecule has 1 aliphatic carbocycles. The van der Waals surface area contributed by atoms with Crippen molar-refractivity contribution in [2.75, 3.05) is 26.2 Å². The Labute approximate surface area is 120 Å². The van der Waals surface area contributed by atoms with Crippen molar-refractivity contribution < 1.29 is 14.3 Å². The zero-order valence-electron chi connectivity index (χ0n) is 12.1. The van der Waals surface area contributed by atoms with E-state index in [-0.39, 0.29) is 17.9 Å². The highest BCUT2D eigenvalue weighted by Gasteiger charge is 2.38. The molecule has 3 aliphatic rings. The number of nitrogens with zero attached hydrogens (tertiary/aromatic N) is 2. The molecule has 2 heterocycles. The molecule has 5 heteroatoms. The Hall–Kier alpha value is -1.10. The summed E-state index contributed by atoms with van der Waals surface area (Å²) in [6.45, 7) is 2.55. The van der Waals surface area contributed by atoms with Crippen molar-refractivity contribution in [3.8, 4) is 0 Å². The minimum atomic E-state index is -0.198. The first-order valence-corrected chi connectivity index (χ1v) is 7.95. The van der Waals surface area contributed by atoms with Crippen molar-refractivity contribution in [2.45, 2.75) is 57.1 Å². The Bertz CT molecular complexity index is 379. The summed E-state index contributed by atoms with van der Waals surface area (Å²) in [6, 6.07) is -0.198. The van der Waals surface area contributed by atoms with Gasteiger partial charge in [0, 0.05) is 26.1 Å². The molecule has 2 amide bonds. The van der Waals surface area contributed by atoms with Gasteiger partial charge in [0.2, 0.25) is 11.8 Å². The fourth-order valence-electron chi connectivity index (χ4n) is 3.62. The lowest BCUT2D eigenvalue weighted by molar-refractivity contribution is -0.139. The Morgan fingerprint density at radius 1 is 1.05 bits per heavy atom. The van der Waals surface area contributed by atoms with Crippen LogP contribution in [0.25, 0.3) is 0 Å². The van der Waals surface area contributed by atoms with Crippen LogP contribution in [0, 0.1) is 0 Å². The fourth-order valence-corrected chi connectivity index (χ4v) is 3.62. The van der Waals surface area contributed by atoms with E-state index in [9.17, 15) is 9.59 Å². The molecule has 1 atom stereocenters. The summed E-state index contributed by atoms with van der Waals surface area (Å²) in [6.07, 6.45) is 7.47. The number of carbonyl (C=O) groups excluding carboxylic acids is 2. The van der Waals surface area contributed by atoms with E-state index >= 15 is 0 Å². The minimum absolute atomic E-state index is 0.128. The number of hydrogen-bond donors (Lipinski definition) is 0. The molecule has 0 N–H and O–H groups in total. The average molecular weight is 280 g/mol. The summed E-state index contributed by atoms with van der Waals surface area (Å²) < 4.78 is 5.84. The summed E-state index contributed by atoms with van der Waals surface area (Å²) >= 11 is 0. The molecule has 5 nitrogen and oxygen atoms in total. The molecule has 0 aromatic carbocycles. The lowest BCUT2D eigenvalue weighted by Crippen LogP contribution is -2.44. The van der Waals surface area contributed by atoms with E-state index in [1.807, 2.05) is 4.90 Å². The highest BCUT2D eigenvalue weighted by atomic mass is 16.5. The molecule has 1 unspecified atom stereocenters. The fraction of sp³-hybridized carbons (Fsp3) is 0.867. The van der Waals surface area contributed by atoms with E-state index in [0.717, 1.165) is 32.2 Å². The third-order valence-corrected chi connectivity index (χ3v) is 4.78. The third-order valence-electron chi connectivity index (χ3n) is 4.78. The number of amides is 2. The van der Waals surface area contributed by atoms with Crippen LogP contribution in [0.4, 0.5) is 0 Å². The van der Waals surface area contributed by atoms with E-state index in [4.69, 9.17) is 4.74 Å². The summed E-state index contributed by atoms with van der Waals surface area (Å²) in [7, 11) is 0. The van der Waals surface area contributed by atoms with E-state index in [1.165, 1.54) is 12.8 Å². The second-order valence-corrected chi connectivity index (χ2v) is 6.10. The van der Waals surface area contributed by atoms with Crippen LogP contribution in [-0.2, 0) is 14.3 Å². The average Bonchev–Trinajstić information content (AvgIpc) is 3.10. The summed E-state index contributed by atoms with van der Waals surface area (Å²) in [5.41, 5.74) is 0. The molecule has 1 saturated carbocycles. The molecule has 112 valence electrons. The number of ether oxygens (including phenoxy) is 1. The van der Waals surface area contributed by atoms with Crippen LogP contribution in [0.5, 0.6) is 0 Å². The normalized spacial score (nSPS) is 28.1. The molecule has 2 aliphatic heterocycles. The number of hydrogen-bond acceptors (Lipinski definition) is 3. The third kappa shape index (κ3) is 2.82. The van der Waals surface area contributed by atoms with Crippen molar-refractivity contribution in [2.24, 2.45) is 0 Å². The van der Waals surface area contributed by atoms with Gasteiger partial charge in [0.05, 0.1) is 12.7 Å². The van der Waals surface area contributed by atoms with Crippen molar-refractivity contribution in [1.29, 1.82) is 0 Å². The van der Waals surface area contributed by atoms with Gasteiger partial charge in [-0.05, 0) is 25.7 Å². The number of fused-ring (bicyclic) bond motifs is 1. The van der Waals surface area contributed by atoms with Gasteiger partial charge in [0.25, 0.3) is 0 Å². The maximum atomic E-state index is 12.5. The van der Waals surface area contributed by atoms with E-state index in [2.05, 4.69) is 0 Å². The quantitative estimate of drug-likeness (QED) is 0.776. The molecular formula is C15H24N2O3. The Balaban J connectivity index is 1.52. The zero-order valence-corrected chi connectivity index (χ0v) is 12.1. The van der Waals surface area contributed by atoms with E-state index in [0.29, 0.717) is 32.2 Å². The van der Waals surface area contributed by atoms with Crippen LogP contribution in [0.2, 0.25) is 0 Å². The molecule has 20 heavy (non-hydrogen) atoms. The van der Waals surface area contributed by atoms with Crippen LogP contribution >= 0.6 is 0 Å². The van der Waals surface area contributed by atoms with Crippen LogP contribution in [0.1, 0.15) is 44.9 Å². The minimum Gasteiger partial charge on any atom is -0.376 e. The van der Waals surface area contributed by atoms with Gasteiger partial charge in [-0.1, -0.05) is 12.8 Å². The van der Waals surface area contributed by atoms with Gasteiger partial charge in [0.15, 0.2) is 0 Å². The maximum Gasteiger partial charge on any atom is 0.245 e. The maximum absolute atomic E-state index is 12.5. The van der Waals surface area contributed by atoms with Gasteiger partial charge in [-0.25, -0.2) is 0 Å². The van der Waals surface area contributed by atoms with Crippen molar-refractivity contribution in [1.82, 2.24) is 9.80 Å². The molecule has 2 saturated heterocycles. The summed E-state index contributed by atoms with van der Waals surface area (Å²) in [5.74, 6) is 0.267. The van der Waals surface area contributed by atoms with Gasteiger partial charge in [-0.2, -0.15) is 0 Å². The Kier molecular flexibility index (Phi) is 4.24. The Morgan fingerprint density at radius 3 is 2.65 bits per heavy atom. The van der Waals surface area contributed by atoms with Crippen LogP contribution < -0.4 is 0 Å². The largest absolute Gasteiger partial charge is 0.376 e. The second-order valence-electron chi connectivity index (χ2n) is 6.10. The first-order valence-electron chi connectivity index (χ1n) is 7.95. The molecule has 0 spiro atoms. The number of rotatable bonds is 4. The lowest BCUT2D eigenvalue weighted by atomic mass is 10.2. The van der Waals surface area contributed by atoms with E-state index in [1.54, 1.807) is 4.90 Å². The smallest absolute Gasteiger partial charge is 0.245 e. The zero-order chi connectivity index (χ0) is 13.9. The first-order chi connectivity index (χ1) is 9.75. The summed E-state index contributed by atoms with van der Waals surface area (Å²) in [5, 5.41) is 0. The summed E-state index contributed by atoms with van der Waals surface area (Å²) in [4.78, 5) is 28.1. The van der Waals surface area contributed by atoms with Gasteiger partial charge in [-0.15, -0.1) is 0 Å². The van der Waals surface area contributed by atoms with Crippen LogP contribution in [-0.4, -0.2) is 60.0 Å². The highest BCUT2D eigenvalue weighted by molar-refractivity contribution is 5.90. The molecule has 0 aromatic rings. The SMILES string of the molecule is O=C1C2CCCN2C(=O)CCN1CCOC1CCCC1. The molecule has 0 bridgehead atoms. The van der Waals surface area contributed by atoms with Gasteiger partial charge in [0.1, 0.15) is 6.04 Å². The van der Waals surface area contributed by atoms with E-state index < -0.39 is 0 Å². The Morgan fingerprint density at radius 2 is 1.85 bits per heavy atom. The van der Waals surface area contributed by atoms with Crippen molar-refractivity contribution >= 4 is 11.8 Å².